The zero-order chi connectivity index (χ0) is 34.8. The largest absolute Gasteiger partial charge is 0.673 e. The quantitative estimate of drug-likeness (QED) is 0.108. The van der Waals surface area contributed by atoms with Crippen molar-refractivity contribution in [2.24, 2.45) is 10.8 Å². The van der Waals surface area contributed by atoms with E-state index < -0.39 is 7.25 Å². The molecule has 45 heavy (non-hydrogen) atoms. The summed E-state index contributed by atoms with van der Waals surface area (Å²) in [7, 11) is -6.00. The second-order valence-electron chi connectivity index (χ2n) is 15.8. The Hall–Kier alpha value is -2.13. The van der Waals surface area contributed by atoms with E-state index in [0.29, 0.717) is 0 Å². The molecule has 0 spiro atoms. The first-order valence-corrected chi connectivity index (χ1v) is 17.3. The molecule has 0 radical (unpaired) electrons. The topological polar surface area (TPSA) is 29.1 Å². The Morgan fingerprint density at radius 1 is 0.778 bits per heavy atom. The van der Waals surface area contributed by atoms with Crippen LogP contribution < -0.4 is 5.32 Å². The summed E-state index contributed by atoms with van der Waals surface area (Å²) in [6.07, 6.45) is 11.0. The van der Waals surface area contributed by atoms with Gasteiger partial charge in [-0.3, -0.25) is 4.79 Å². The summed E-state index contributed by atoms with van der Waals surface area (Å²) < 4.78 is 39.0. The van der Waals surface area contributed by atoms with Crippen LogP contribution in [-0.2, 0) is 15.6 Å². The van der Waals surface area contributed by atoms with E-state index in [0.717, 1.165) is 47.4 Å². The first-order chi connectivity index (χ1) is 20.2. The molecular formula is C36H52BF4NOS2. The number of thioether (sulfide) groups is 1. The molecule has 0 bridgehead atoms. The van der Waals surface area contributed by atoms with E-state index >= 15 is 0 Å². The third-order valence-electron chi connectivity index (χ3n) is 7.07. The van der Waals surface area contributed by atoms with E-state index in [1.165, 1.54) is 19.6 Å². The van der Waals surface area contributed by atoms with Crippen LogP contribution in [0, 0.1) is 10.8 Å². The fourth-order valence-corrected chi connectivity index (χ4v) is 6.81. The Morgan fingerprint density at radius 2 is 1.22 bits per heavy atom. The SMILES string of the molecule is CCCCNC1=C(C=C2C=C(C(C)(C)C)SC(C(C)(C)C)=C2)C(=O)/C1=C\c1cc(C(C)(C)C)[s+]c(C(C)(C)C)c1.F[B-](F)(F)F. The van der Waals surface area contributed by atoms with Crippen LogP contribution in [0.5, 0.6) is 0 Å². The van der Waals surface area contributed by atoms with E-state index in [1.807, 2.05) is 23.1 Å². The molecule has 1 aromatic rings. The summed E-state index contributed by atoms with van der Waals surface area (Å²) in [5, 5.41) is 3.63. The van der Waals surface area contributed by atoms with Crippen LogP contribution >= 0.6 is 23.1 Å². The smallest absolute Gasteiger partial charge is 0.418 e. The molecule has 0 unspecified atom stereocenters. The number of nitrogens with one attached hydrogen (secondary N) is 1. The number of allylic oxidation sites excluding steroid dienone is 8. The number of ketones is 1. The minimum absolute atomic E-state index is 0.0453. The molecule has 0 saturated heterocycles. The van der Waals surface area contributed by atoms with Gasteiger partial charge in [-0.05, 0) is 62.5 Å². The molecule has 1 N–H and O–H groups in total. The van der Waals surface area contributed by atoms with Crippen LogP contribution in [-0.4, -0.2) is 19.6 Å². The summed E-state index contributed by atoms with van der Waals surface area (Å²) in [5.74, 6) is 0.128. The summed E-state index contributed by atoms with van der Waals surface area (Å²) in [6.45, 7) is 30.2. The van der Waals surface area contributed by atoms with Crippen LogP contribution in [0.15, 0.2) is 62.6 Å². The highest BCUT2D eigenvalue weighted by Gasteiger charge is 2.35. The molecule has 0 amide bonds. The molecule has 9 heteroatoms. The molecule has 3 rings (SSSR count). The maximum absolute atomic E-state index is 13.7. The number of rotatable bonds is 6. The van der Waals surface area contributed by atoms with E-state index in [-0.39, 0.29) is 27.4 Å². The Balaban J connectivity index is 0.00000130. The minimum atomic E-state index is -6.00. The lowest BCUT2D eigenvalue weighted by Crippen LogP contribution is -2.31. The van der Waals surface area contributed by atoms with Gasteiger partial charge in [0.25, 0.3) is 0 Å². The van der Waals surface area contributed by atoms with Crippen molar-refractivity contribution in [3.8, 4) is 0 Å². The Bertz CT molecular complexity index is 1350. The first-order valence-electron chi connectivity index (χ1n) is 15.7. The van der Waals surface area contributed by atoms with Crippen molar-refractivity contribution in [3.63, 3.8) is 0 Å². The molecule has 0 fully saturated rings. The maximum Gasteiger partial charge on any atom is 0.673 e. The highest BCUT2D eigenvalue weighted by Crippen LogP contribution is 2.49. The maximum atomic E-state index is 13.7. The Labute approximate surface area is 277 Å². The highest BCUT2D eigenvalue weighted by atomic mass is 32.2. The molecule has 2 heterocycles. The van der Waals surface area contributed by atoms with Gasteiger partial charge < -0.3 is 22.6 Å². The predicted octanol–water partition coefficient (Wildman–Crippen LogP) is 12.1. The lowest BCUT2D eigenvalue weighted by Gasteiger charge is -2.32. The van der Waals surface area contributed by atoms with Gasteiger partial charge in [-0.2, -0.15) is 0 Å². The van der Waals surface area contributed by atoms with Crippen molar-refractivity contribution in [1.29, 1.82) is 0 Å². The number of unbranched alkanes of at least 4 members (excludes halogenated alkanes) is 1. The van der Waals surface area contributed by atoms with Crippen LogP contribution in [0.2, 0.25) is 0 Å². The van der Waals surface area contributed by atoms with Gasteiger partial charge in [-0.15, -0.1) is 0 Å². The number of hydrogen-bond acceptors (Lipinski definition) is 3. The Kier molecular flexibility index (Phi) is 12.4. The number of halogens is 4. The molecule has 0 aromatic carbocycles. The minimum Gasteiger partial charge on any atom is -0.418 e. The molecule has 250 valence electrons. The van der Waals surface area contributed by atoms with E-state index in [1.54, 1.807) is 0 Å². The standard InChI is InChI=1S/C36H51NOS2.BF4/c1-14-15-16-37-31-25(17-23-19-27(33(2,3)4)39-28(20-23)34(5,6)7)32(38)26(31)18-24-21-29(35(8,9)10)40-30(22-24)36(11,12)13;2-1(3,4)5/h17-22H,14-16H2,1-13H3;/q;-1/p+1. The summed E-state index contributed by atoms with van der Waals surface area (Å²) >= 11 is 3.77. The molecule has 2 nitrogen and oxygen atoms in total. The second kappa shape index (κ2) is 14.3. The van der Waals surface area contributed by atoms with Crippen LogP contribution in [0.25, 0.3) is 6.08 Å². The van der Waals surface area contributed by atoms with Gasteiger partial charge in [-0.25, -0.2) is 0 Å². The van der Waals surface area contributed by atoms with Crippen molar-refractivity contribution in [3.05, 3.63) is 77.9 Å². The van der Waals surface area contributed by atoms with Gasteiger partial charge in [0, 0.05) is 40.7 Å². The summed E-state index contributed by atoms with van der Waals surface area (Å²) in [4.78, 5) is 19.1. The zero-order valence-corrected chi connectivity index (χ0v) is 31.0. The van der Waals surface area contributed by atoms with Crippen molar-refractivity contribution in [2.45, 2.75) is 114 Å². The normalized spacial score (nSPS) is 17.4. The fourth-order valence-electron chi connectivity index (χ4n) is 4.33. The number of hydrogen-bond donors (Lipinski definition) is 1. The second-order valence-corrected chi connectivity index (χ2v) is 18.0. The molecule has 1 aliphatic heterocycles. The van der Waals surface area contributed by atoms with Crippen LogP contribution in [0.3, 0.4) is 0 Å². The lowest BCUT2D eigenvalue weighted by molar-refractivity contribution is -0.112. The number of carbonyl (C=O) groups is 1. The average molecular weight is 666 g/mol. The number of carbonyl (C=O) groups excluding carboxylic acids is 1. The van der Waals surface area contributed by atoms with E-state index in [4.69, 9.17) is 0 Å². The van der Waals surface area contributed by atoms with Crippen LogP contribution in [0.4, 0.5) is 17.3 Å². The number of Topliss-reactive ketones (excluding diaryl/α,β-unsaturated/α-hetero) is 1. The molecule has 1 aliphatic carbocycles. The summed E-state index contributed by atoms with van der Waals surface area (Å²) in [6, 6.07) is 4.55. The van der Waals surface area contributed by atoms with Crippen molar-refractivity contribution >= 4 is 42.2 Å². The molecule has 2 aliphatic rings. The van der Waals surface area contributed by atoms with Gasteiger partial charge in [-0.1, -0.05) is 108 Å². The zero-order valence-electron chi connectivity index (χ0n) is 29.4. The summed E-state index contributed by atoms with van der Waals surface area (Å²) in [5.41, 5.74) is 4.98. The van der Waals surface area contributed by atoms with Crippen molar-refractivity contribution in [1.82, 2.24) is 5.32 Å². The molecular weight excluding hydrogens is 613 g/mol. The van der Waals surface area contributed by atoms with E-state index in [9.17, 15) is 22.1 Å². The average Bonchev–Trinajstić information content (AvgIpc) is 2.86. The van der Waals surface area contributed by atoms with Gasteiger partial charge in [0.2, 0.25) is 21.1 Å². The van der Waals surface area contributed by atoms with Gasteiger partial charge >= 0.3 is 7.25 Å². The Morgan fingerprint density at radius 3 is 1.60 bits per heavy atom. The van der Waals surface area contributed by atoms with E-state index in [2.05, 4.69) is 132 Å². The predicted molar refractivity (Wildman–Crippen MR) is 190 cm³/mol. The third kappa shape index (κ3) is 11.9. The monoisotopic (exact) mass is 665 g/mol. The third-order valence-corrected chi connectivity index (χ3v) is 10.9. The highest BCUT2D eigenvalue weighted by molar-refractivity contribution is 8.06. The van der Waals surface area contributed by atoms with Gasteiger partial charge in [0.15, 0.2) is 5.78 Å². The van der Waals surface area contributed by atoms with Crippen LogP contribution in [0.1, 0.15) is 118 Å². The molecule has 0 atom stereocenters. The molecule has 0 saturated carbocycles. The van der Waals surface area contributed by atoms with Crippen molar-refractivity contribution < 1.29 is 22.1 Å². The van der Waals surface area contributed by atoms with Gasteiger partial charge in [0.05, 0.1) is 5.70 Å². The fraction of sp³-hybridized carbons (Fsp3) is 0.556. The van der Waals surface area contributed by atoms with Crippen molar-refractivity contribution in [2.75, 3.05) is 6.54 Å². The molecule has 1 aromatic heterocycles. The van der Waals surface area contributed by atoms with Gasteiger partial charge in [0.1, 0.15) is 0 Å². The first kappa shape index (κ1) is 39.1. The lowest BCUT2D eigenvalue weighted by atomic mass is 9.82.